The highest BCUT2D eigenvalue weighted by atomic mass is 32.2. The number of hydrogen-bond acceptors (Lipinski definition) is 2. The van der Waals surface area contributed by atoms with Crippen molar-refractivity contribution in [2.45, 2.75) is 5.37 Å². The number of rotatable bonds is 2. The van der Waals surface area contributed by atoms with E-state index >= 15 is 0 Å². The molecule has 1 aliphatic rings. The number of hydrogen-bond donors (Lipinski definition) is 0. The molecule has 5 heteroatoms. The van der Waals surface area contributed by atoms with Gasteiger partial charge >= 0.3 is 0 Å². The predicted octanol–water partition coefficient (Wildman–Crippen LogP) is 3.85. The lowest BCUT2D eigenvalue weighted by Gasteiger charge is -2.24. The van der Waals surface area contributed by atoms with E-state index in [9.17, 15) is 13.6 Å². The second kappa shape index (κ2) is 5.85. The lowest BCUT2D eigenvalue weighted by molar-refractivity contribution is 0.0759. The first-order valence-corrected chi connectivity index (χ1v) is 7.64. The molecule has 1 heterocycles. The van der Waals surface area contributed by atoms with Crippen LogP contribution in [0.25, 0.3) is 0 Å². The second-order valence-corrected chi connectivity index (χ2v) is 5.94. The fourth-order valence-electron chi connectivity index (χ4n) is 2.38. The van der Waals surface area contributed by atoms with Gasteiger partial charge in [0.05, 0.1) is 0 Å². The number of nitrogens with zero attached hydrogens (tertiary/aromatic N) is 1. The molecule has 2 aromatic carbocycles. The average molecular weight is 305 g/mol. The van der Waals surface area contributed by atoms with Gasteiger partial charge in [0.1, 0.15) is 17.0 Å². The molecule has 0 aliphatic carbocycles. The molecular weight excluding hydrogens is 292 g/mol. The molecule has 2 aromatic rings. The van der Waals surface area contributed by atoms with E-state index in [1.54, 1.807) is 29.2 Å². The first-order chi connectivity index (χ1) is 10.2. The summed E-state index contributed by atoms with van der Waals surface area (Å²) in [6, 6.07) is 12.4. The maximum atomic E-state index is 14.0. The number of carbonyl (C=O) groups excluding carboxylic acids is 1. The van der Waals surface area contributed by atoms with Gasteiger partial charge in [-0.2, -0.15) is 0 Å². The number of halogens is 2. The van der Waals surface area contributed by atoms with Crippen LogP contribution in [0, 0.1) is 11.6 Å². The van der Waals surface area contributed by atoms with Crippen molar-refractivity contribution in [3.8, 4) is 0 Å². The van der Waals surface area contributed by atoms with Gasteiger partial charge in [-0.15, -0.1) is 11.8 Å². The summed E-state index contributed by atoms with van der Waals surface area (Å²) in [5.41, 5.74) is 0.927. The summed E-state index contributed by atoms with van der Waals surface area (Å²) in [5, 5.41) is -0.404. The average Bonchev–Trinajstić information content (AvgIpc) is 2.96. The molecule has 108 valence electrons. The first kappa shape index (κ1) is 14.1. The van der Waals surface area contributed by atoms with Crippen LogP contribution in [-0.2, 0) is 0 Å². The smallest absolute Gasteiger partial charge is 0.255 e. The van der Waals surface area contributed by atoms with Crippen LogP contribution in [0.4, 0.5) is 8.78 Å². The minimum absolute atomic E-state index is 0.130. The van der Waals surface area contributed by atoms with Crippen LogP contribution in [0.1, 0.15) is 21.3 Å². The van der Waals surface area contributed by atoms with Crippen LogP contribution in [-0.4, -0.2) is 23.1 Å². The maximum Gasteiger partial charge on any atom is 0.255 e. The van der Waals surface area contributed by atoms with Gasteiger partial charge in [0.25, 0.3) is 5.91 Å². The van der Waals surface area contributed by atoms with Gasteiger partial charge in [-0.25, -0.2) is 8.78 Å². The van der Waals surface area contributed by atoms with Gasteiger partial charge in [-0.05, 0) is 18.2 Å². The molecule has 0 N–H and O–H groups in total. The summed E-state index contributed by atoms with van der Waals surface area (Å²) in [7, 11) is 0. The van der Waals surface area contributed by atoms with Gasteiger partial charge in [-0.3, -0.25) is 4.79 Å². The Kier molecular flexibility index (Phi) is 3.92. The number of thioether (sulfide) groups is 1. The standard InChI is InChI=1S/C16H13F2NOS/c17-12-6-7-13(14(18)10-12)16-19(8-9-21-16)15(20)11-4-2-1-3-5-11/h1-7,10,16H,8-9H2/t16-/m0/s1. The third-order valence-electron chi connectivity index (χ3n) is 3.40. The van der Waals surface area contributed by atoms with Crippen LogP contribution in [0.3, 0.4) is 0 Å². The van der Waals surface area contributed by atoms with Crippen molar-refractivity contribution in [3.05, 3.63) is 71.3 Å². The zero-order chi connectivity index (χ0) is 14.8. The third kappa shape index (κ3) is 2.78. The molecule has 1 aliphatic heterocycles. The van der Waals surface area contributed by atoms with E-state index in [0.717, 1.165) is 11.8 Å². The van der Waals surface area contributed by atoms with E-state index < -0.39 is 17.0 Å². The molecule has 0 unspecified atom stereocenters. The molecule has 1 atom stereocenters. The zero-order valence-electron chi connectivity index (χ0n) is 11.1. The van der Waals surface area contributed by atoms with E-state index in [4.69, 9.17) is 0 Å². The Balaban J connectivity index is 1.91. The van der Waals surface area contributed by atoms with Crippen LogP contribution >= 0.6 is 11.8 Å². The van der Waals surface area contributed by atoms with Crippen molar-refractivity contribution in [2.75, 3.05) is 12.3 Å². The fraction of sp³-hybridized carbons (Fsp3) is 0.188. The van der Waals surface area contributed by atoms with Crippen molar-refractivity contribution < 1.29 is 13.6 Å². The summed E-state index contributed by atoms with van der Waals surface area (Å²) in [6.45, 7) is 0.555. The predicted molar refractivity (Wildman–Crippen MR) is 79.0 cm³/mol. The molecule has 21 heavy (non-hydrogen) atoms. The monoisotopic (exact) mass is 305 g/mol. The number of benzene rings is 2. The van der Waals surface area contributed by atoms with E-state index in [0.29, 0.717) is 17.7 Å². The van der Waals surface area contributed by atoms with Crippen LogP contribution in [0.15, 0.2) is 48.5 Å². The first-order valence-electron chi connectivity index (χ1n) is 6.59. The Morgan fingerprint density at radius 2 is 1.90 bits per heavy atom. The highest BCUT2D eigenvalue weighted by molar-refractivity contribution is 7.99. The van der Waals surface area contributed by atoms with Gasteiger partial charge in [0.15, 0.2) is 0 Å². The molecular formula is C16H13F2NOS. The summed E-state index contributed by atoms with van der Waals surface area (Å²) < 4.78 is 27.0. The van der Waals surface area contributed by atoms with E-state index in [1.807, 2.05) is 6.07 Å². The summed E-state index contributed by atoms with van der Waals surface area (Å²) >= 11 is 1.49. The second-order valence-electron chi connectivity index (χ2n) is 4.75. The van der Waals surface area contributed by atoms with E-state index in [2.05, 4.69) is 0 Å². The molecule has 1 saturated heterocycles. The molecule has 1 fully saturated rings. The van der Waals surface area contributed by atoms with Crippen LogP contribution in [0.2, 0.25) is 0 Å². The molecule has 0 aromatic heterocycles. The Morgan fingerprint density at radius 3 is 2.62 bits per heavy atom. The molecule has 0 bridgehead atoms. The van der Waals surface area contributed by atoms with E-state index in [1.165, 1.54) is 23.9 Å². The van der Waals surface area contributed by atoms with Crippen molar-refractivity contribution in [2.24, 2.45) is 0 Å². The highest BCUT2D eigenvalue weighted by Crippen LogP contribution is 2.39. The summed E-state index contributed by atoms with van der Waals surface area (Å²) in [4.78, 5) is 14.2. The highest BCUT2D eigenvalue weighted by Gasteiger charge is 2.32. The SMILES string of the molecule is O=C(c1ccccc1)N1CCS[C@H]1c1ccc(F)cc1F. The fourth-order valence-corrected chi connectivity index (χ4v) is 3.66. The molecule has 0 radical (unpaired) electrons. The Morgan fingerprint density at radius 1 is 1.14 bits per heavy atom. The van der Waals surface area contributed by atoms with Gasteiger partial charge in [0.2, 0.25) is 0 Å². The third-order valence-corrected chi connectivity index (χ3v) is 4.64. The maximum absolute atomic E-state index is 14.0. The molecule has 2 nitrogen and oxygen atoms in total. The summed E-state index contributed by atoms with van der Waals surface area (Å²) in [6.07, 6.45) is 0. The van der Waals surface area contributed by atoms with E-state index in [-0.39, 0.29) is 5.91 Å². The van der Waals surface area contributed by atoms with Crippen LogP contribution in [0.5, 0.6) is 0 Å². The van der Waals surface area contributed by atoms with Gasteiger partial charge in [0, 0.05) is 29.5 Å². The lowest BCUT2D eigenvalue weighted by Crippen LogP contribution is -2.30. The molecule has 1 amide bonds. The number of amides is 1. The van der Waals surface area contributed by atoms with Crippen molar-refractivity contribution in [3.63, 3.8) is 0 Å². The van der Waals surface area contributed by atoms with Gasteiger partial charge in [-0.1, -0.05) is 24.3 Å². The number of carbonyl (C=O) groups is 1. The minimum Gasteiger partial charge on any atom is -0.322 e. The quantitative estimate of drug-likeness (QED) is 0.840. The molecule has 0 saturated carbocycles. The topological polar surface area (TPSA) is 20.3 Å². The molecule has 3 rings (SSSR count). The zero-order valence-corrected chi connectivity index (χ0v) is 11.9. The van der Waals surface area contributed by atoms with Crippen molar-refractivity contribution >= 4 is 17.7 Å². The van der Waals surface area contributed by atoms with Crippen molar-refractivity contribution in [1.82, 2.24) is 4.90 Å². The Hall–Kier alpha value is -1.88. The summed E-state index contributed by atoms with van der Waals surface area (Å²) in [5.74, 6) is -0.616. The van der Waals surface area contributed by atoms with Gasteiger partial charge < -0.3 is 4.90 Å². The minimum atomic E-state index is -0.611. The largest absolute Gasteiger partial charge is 0.322 e. The normalized spacial score (nSPS) is 18.0. The Labute approximate surface area is 125 Å². The van der Waals surface area contributed by atoms with Crippen LogP contribution < -0.4 is 0 Å². The molecule has 0 spiro atoms. The Bertz CT molecular complexity index is 663. The lowest BCUT2D eigenvalue weighted by atomic mass is 10.1. The van der Waals surface area contributed by atoms with Crippen molar-refractivity contribution in [1.29, 1.82) is 0 Å².